The summed E-state index contributed by atoms with van der Waals surface area (Å²) in [5.41, 5.74) is 2.60. The van der Waals surface area contributed by atoms with Crippen molar-refractivity contribution in [3.05, 3.63) is 64.2 Å². The molecule has 0 aliphatic rings. The molecule has 0 fully saturated rings. The van der Waals surface area contributed by atoms with E-state index in [1.54, 1.807) is 57.4 Å². The molecule has 0 spiro atoms. The molecular formula is C22H24O5. The summed E-state index contributed by atoms with van der Waals surface area (Å²) >= 11 is 0. The van der Waals surface area contributed by atoms with Crippen molar-refractivity contribution in [3.8, 4) is 11.5 Å². The van der Waals surface area contributed by atoms with Crippen molar-refractivity contribution in [3.63, 3.8) is 0 Å². The fraction of sp³-hybridized carbons (Fsp3) is 0.273. The number of benzene rings is 2. The lowest BCUT2D eigenvalue weighted by Crippen LogP contribution is -2.12. The number of aryl methyl sites for hydroxylation is 1. The molecule has 0 aliphatic heterocycles. The zero-order chi connectivity index (χ0) is 20.1. The minimum Gasteiger partial charge on any atom is -0.497 e. The number of carboxylic acids is 1. The smallest absolute Gasteiger partial charge is 0.336 e. The lowest BCUT2D eigenvalue weighted by atomic mass is 9.97. The van der Waals surface area contributed by atoms with Gasteiger partial charge in [0.2, 0.25) is 0 Å². The van der Waals surface area contributed by atoms with Gasteiger partial charge >= 0.3 is 5.97 Å². The highest BCUT2D eigenvalue weighted by molar-refractivity contribution is 6.07. The number of carbonyl (C=O) groups is 2. The molecular weight excluding hydrogens is 344 g/mol. The molecule has 1 N–H and O–H groups in total. The largest absolute Gasteiger partial charge is 0.497 e. The van der Waals surface area contributed by atoms with Crippen LogP contribution in [0.4, 0.5) is 0 Å². The van der Waals surface area contributed by atoms with Gasteiger partial charge in [-0.25, -0.2) is 4.79 Å². The second-order valence-electron chi connectivity index (χ2n) is 6.51. The van der Waals surface area contributed by atoms with Crippen molar-refractivity contribution in [2.45, 2.75) is 33.8 Å². The number of hydrogen-bond acceptors (Lipinski definition) is 4. The molecule has 0 aliphatic carbocycles. The molecule has 5 nitrogen and oxygen atoms in total. The van der Waals surface area contributed by atoms with Gasteiger partial charge in [-0.1, -0.05) is 0 Å². The van der Waals surface area contributed by atoms with Gasteiger partial charge in [0, 0.05) is 16.7 Å². The van der Waals surface area contributed by atoms with Gasteiger partial charge in [-0.05, 0) is 75.7 Å². The predicted octanol–water partition coefficient (Wildman–Crippen LogP) is 4.69. The Morgan fingerprint density at radius 3 is 2.26 bits per heavy atom. The van der Waals surface area contributed by atoms with E-state index in [9.17, 15) is 14.7 Å². The number of hydrogen-bond donors (Lipinski definition) is 1. The van der Waals surface area contributed by atoms with Crippen LogP contribution in [0.25, 0.3) is 6.08 Å². The van der Waals surface area contributed by atoms with E-state index in [1.807, 2.05) is 13.8 Å². The van der Waals surface area contributed by atoms with Crippen LogP contribution in [0, 0.1) is 13.8 Å². The van der Waals surface area contributed by atoms with Gasteiger partial charge in [-0.2, -0.15) is 0 Å². The first-order chi connectivity index (χ1) is 12.7. The topological polar surface area (TPSA) is 72.8 Å². The Bertz CT molecular complexity index is 877. The highest BCUT2D eigenvalue weighted by Crippen LogP contribution is 2.31. The molecule has 0 saturated heterocycles. The van der Waals surface area contributed by atoms with E-state index >= 15 is 0 Å². The molecule has 0 aromatic heterocycles. The van der Waals surface area contributed by atoms with Gasteiger partial charge in [-0.3, -0.25) is 4.79 Å². The number of ether oxygens (including phenoxy) is 2. The third-order valence-corrected chi connectivity index (χ3v) is 4.10. The van der Waals surface area contributed by atoms with Gasteiger partial charge < -0.3 is 14.6 Å². The summed E-state index contributed by atoms with van der Waals surface area (Å²) in [5, 5.41) is 9.47. The van der Waals surface area contributed by atoms with Crippen molar-refractivity contribution in [1.82, 2.24) is 0 Å². The lowest BCUT2D eigenvalue weighted by Gasteiger charge is -2.18. The standard InChI is InChI=1S/C22H24O5/c1-13(2)27-21-15(4)20(22(24)25)14(3)12-17(21)8-11-19(23)16-6-9-18(26-5)10-7-16/h6-13H,1-5H3,(H,24,25)/b11-8+. The second-order valence-corrected chi connectivity index (χ2v) is 6.51. The Balaban J connectivity index is 2.42. The molecule has 0 atom stereocenters. The number of aromatic carboxylic acids is 1. The summed E-state index contributed by atoms with van der Waals surface area (Å²) in [7, 11) is 1.57. The molecule has 2 rings (SSSR count). The average Bonchev–Trinajstić information content (AvgIpc) is 2.61. The predicted molar refractivity (Wildman–Crippen MR) is 105 cm³/mol. The van der Waals surface area contributed by atoms with Crippen molar-refractivity contribution in [2.24, 2.45) is 0 Å². The summed E-state index contributed by atoms with van der Waals surface area (Å²) < 4.78 is 10.9. The van der Waals surface area contributed by atoms with Crippen LogP contribution in [0.15, 0.2) is 36.4 Å². The summed E-state index contributed by atoms with van der Waals surface area (Å²) in [5.74, 6) is -0.000323. The van der Waals surface area contributed by atoms with Crippen LogP contribution in [0.5, 0.6) is 11.5 Å². The zero-order valence-corrected chi connectivity index (χ0v) is 16.2. The van der Waals surface area contributed by atoms with Gasteiger partial charge in [0.25, 0.3) is 0 Å². The molecule has 0 radical (unpaired) electrons. The van der Waals surface area contributed by atoms with Crippen LogP contribution in [0.2, 0.25) is 0 Å². The Labute approximate surface area is 159 Å². The number of rotatable bonds is 7. The van der Waals surface area contributed by atoms with E-state index in [1.165, 1.54) is 6.08 Å². The van der Waals surface area contributed by atoms with Crippen molar-refractivity contribution >= 4 is 17.8 Å². The monoisotopic (exact) mass is 368 g/mol. The van der Waals surface area contributed by atoms with Gasteiger partial charge in [0.1, 0.15) is 11.5 Å². The molecule has 5 heteroatoms. The summed E-state index contributed by atoms with van der Waals surface area (Å²) in [6, 6.07) is 8.57. The zero-order valence-electron chi connectivity index (χ0n) is 16.2. The van der Waals surface area contributed by atoms with Crippen molar-refractivity contribution in [2.75, 3.05) is 7.11 Å². The van der Waals surface area contributed by atoms with E-state index in [-0.39, 0.29) is 17.5 Å². The van der Waals surface area contributed by atoms with Crippen molar-refractivity contribution < 1.29 is 24.2 Å². The average molecular weight is 368 g/mol. The van der Waals surface area contributed by atoms with Crippen LogP contribution in [0.3, 0.4) is 0 Å². The Morgan fingerprint density at radius 1 is 1.11 bits per heavy atom. The SMILES string of the molecule is COc1ccc(C(=O)/C=C/c2cc(C)c(C(=O)O)c(C)c2OC(C)C)cc1. The molecule has 27 heavy (non-hydrogen) atoms. The van der Waals surface area contributed by atoms with Crippen molar-refractivity contribution in [1.29, 1.82) is 0 Å². The van der Waals surface area contributed by atoms with Crippen LogP contribution < -0.4 is 9.47 Å². The van der Waals surface area contributed by atoms with E-state index in [2.05, 4.69) is 0 Å². The van der Waals surface area contributed by atoms with Crippen LogP contribution >= 0.6 is 0 Å². The molecule has 2 aromatic carbocycles. The first-order valence-electron chi connectivity index (χ1n) is 8.65. The summed E-state index contributed by atoms with van der Waals surface area (Å²) in [4.78, 5) is 24.0. The van der Waals surface area contributed by atoms with E-state index in [4.69, 9.17) is 9.47 Å². The lowest BCUT2D eigenvalue weighted by molar-refractivity contribution is 0.0694. The Hall–Kier alpha value is -3.08. The third-order valence-electron chi connectivity index (χ3n) is 4.10. The Morgan fingerprint density at radius 2 is 1.74 bits per heavy atom. The van der Waals surface area contributed by atoms with Gasteiger partial charge in [-0.15, -0.1) is 0 Å². The molecule has 0 bridgehead atoms. The third kappa shape index (κ3) is 4.76. The molecule has 0 saturated carbocycles. The molecule has 2 aromatic rings. The van der Waals surface area contributed by atoms with Crippen LogP contribution in [-0.2, 0) is 0 Å². The van der Waals surface area contributed by atoms with Crippen LogP contribution in [0.1, 0.15) is 51.3 Å². The maximum Gasteiger partial charge on any atom is 0.336 e. The minimum absolute atomic E-state index is 0.127. The number of ketones is 1. The highest BCUT2D eigenvalue weighted by atomic mass is 16.5. The first kappa shape index (κ1) is 20.2. The molecule has 0 amide bonds. The van der Waals surface area contributed by atoms with Gasteiger partial charge in [0.05, 0.1) is 18.8 Å². The molecule has 142 valence electrons. The minimum atomic E-state index is -0.997. The number of methoxy groups -OCH3 is 1. The van der Waals surface area contributed by atoms with Crippen LogP contribution in [-0.4, -0.2) is 30.1 Å². The maximum absolute atomic E-state index is 12.4. The highest BCUT2D eigenvalue weighted by Gasteiger charge is 2.19. The first-order valence-corrected chi connectivity index (χ1v) is 8.65. The summed E-state index contributed by atoms with van der Waals surface area (Å²) in [6.45, 7) is 7.19. The number of carbonyl (C=O) groups excluding carboxylic acids is 1. The fourth-order valence-corrected chi connectivity index (χ4v) is 2.86. The summed E-state index contributed by atoms with van der Waals surface area (Å²) in [6.07, 6.45) is 3.00. The van der Waals surface area contributed by atoms with E-state index in [0.717, 1.165) is 0 Å². The fourth-order valence-electron chi connectivity index (χ4n) is 2.86. The van der Waals surface area contributed by atoms with Gasteiger partial charge in [0.15, 0.2) is 5.78 Å². The maximum atomic E-state index is 12.4. The Kier molecular flexibility index (Phi) is 6.40. The number of allylic oxidation sites excluding steroid dienone is 1. The second kappa shape index (κ2) is 8.54. The number of carboxylic acid groups (broad SMARTS) is 1. The molecule has 0 unspecified atom stereocenters. The van der Waals surface area contributed by atoms with E-state index < -0.39 is 5.97 Å². The normalized spacial score (nSPS) is 11.0. The molecule has 0 heterocycles. The quantitative estimate of drug-likeness (QED) is 0.567. The van der Waals surface area contributed by atoms with E-state index in [0.29, 0.717) is 33.8 Å².